The van der Waals surface area contributed by atoms with Crippen molar-refractivity contribution in [3.8, 4) is 0 Å². The minimum Gasteiger partial charge on any atom is -0.396 e. The van der Waals surface area contributed by atoms with E-state index in [1.54, 1.807) is 0 Å². The van der Waals surface area contributed by atoms with Crippen molar-refractivity contribution < 1.29 is 19.7 Å². The highest BCUT2D eigenvalue weighted by Crippen LogP contribution is 2.05. The summed E-state index contributed by atoms with van der Waals surface area (Å²) in [5.41, 5.74) is 0. The Morgan fingerprint density at radius 2 is 1.24 bits per heavy atom. The molecule has 0 atom stereocenters. The molecule has 0 heterocycles. The number of aliphatic hydroxyl groups is 2. The van der Waals surface area contributed by atoms with Crippen LogP contribution in [0.25, 0.3) is 0 Å². The van der Waals surface area contributed by atoms with Crippen LogP contribution in [0.5, 0.6) is 0 Å². The number of hydrogen-bond acceptors (Lipinski definition) is 4. The summed E-state index contributed by atoms with van der Waals surface area (Å²) in [7, 11) is 0. The maximum absolute atomic E-state index is 8.62. The molecule has 2 N–H and O–H groups in total. The standard InChI is InChI=1S/C13H28O4/c1-2-13(16-11-7-3-5-9-14)17-12-8-4-6-10-15/h13-15H,2-12H2,1H3. The molecule has 17 heavy (non-hydrogen) atoms. The van der Waals surface area contributed by atoms with Crippen LogP contribution in [0.4, 0.5) is 0 Å². The van der Waals surface area contributed by atoms with Gasteiger partial charge in [-0.1, -0.05) is 6.92 Å². The average molecular weight is 248 g/mol. The summed E-state index contributed by atoms with van der Waals surface area (Å²) >= 11 is 0. The van der Waals surface area contributed by atoms with Gasteiger partial charge in [-0.05, 0) is 44.9 Å². The first kappa shape index (κ1) is 16.8. The lowest BCUT2D eigenvalue weighted by Gasteiger charge is -2.16. The summed E-state index contributed by atoms with van der Waals surface area (Å²) in [5, 5.41) is 17.2. The molecule has 0 aliphatic rings. The van der Waals surface area contributed by atoms with Crippen molar-refractivity contribution in [2.24, 2.45) is 0 Å². The lowest BCUT2D eigenvalue weighted by molar-refractivity contribution is -0.144. The predicted octanol–water partition coefficient (Wildman–Crippen LogP) is 2.08. The molecule has 0 rings (SSSR count). The zero-order valence-corrected chi connectivity index (χ0v) is 11.1. The summed E-state index contributed by atoms with van der Waals surface area (Å²) in [6.07, 6.45) is 6.42. The molecule has 0 bridgehead atoms. The molecule has 0 fully saturated rings. The molecule has 0 aromatic rings. The Labute approximate surface area is 105 Å². The van der Waals surface area contributed by atoms with Crippen molar-refractivity contribution in [3.05, 3.63) is 0 Å². The van der Waals surface area contributed by atoms with E-state index in [4.69, 9.17) is 19.7 Å². The van der Waals surface area contributed by atoms with Crippen LogP contribution in [0, 0.1) is 0 Å². The number of unbranched alkanes of at least 4 members (excludes halogenated alkanes) is 4. The molecule has 4 heteroatoms. The first-order chi connectivity index (χ1) is 8.35. The van der Waals surface area contributed by atoms with Crippen molar-refractivity contribution in [1.29, 1.82) is 0 Å². The molecule has 0 saturated carbocycles. The molecule has 0 amide bonds. The highest BCUT2D eigenvalue weighted by molar-refractivity contribution is 4.45. The van der Waals surface area contributed by atoms with Gasteiger partial charge < -0.3 is 19.7 Å². The van der Waals surface area contributed by atoms with Gasteiger partial charge in [0, 0.05) is 26.4 Å². The first-order valence-corrected chi connectivity index (χ1v) is 6.80. The fraction of sp³-hybridized carbons (Fsp3) is 1.00. The Bertz CT molecular complexity index is 127. The SMILES string of the molecule is CCC(OCCCCCO)OCCCCCO. The maximum atomic E-state index is 8.62. The lowest BCUT2D eigenvalue weighted by atomic mass is 10.2. The molecule has 0 aliphatic heterocycles. The summed E-state index contributed by atoms with van der Waals surface area (Å²) in [4.78, 5) is 0. The van der Waals surface area contributed by atoms with Crippen molar-refractivity contribution >= 4 is 0 Å². The molecule has 0 aromatic heterocycles. The van der Waals surface area contributed by atoms with Crippen LogP contribution in [0.15, 0.2) is 0 Å². The second kappa shape index (κ2) is 13.9. The van der Waals surface area contributed by atoms with Gasteiger partial charge in [-0.2, -0.15) is 0 Å². The van der Waals surface area contributed by atoms with Gasteiger partial charge in [0.15, 0.2) is 6.29 Å². The third-order valence-electron chi connectivity index (χ3n) is 2.55. The highest BCUT2D eigenvalue weighted by atomic mass is 16.7. The largest absolute Gasteiger partial charge is 0.396 e. The van der Waals surface area contributed by atoms with Crippen LogP contribution in [0.3, 0.4) is 0 Å². The summed E-state index contributed by atoms with van der Waals surface area (Å²) < 4.78 is 11.2. The fourth-order valence-electron chi connectivity index (χ4n) is 1.49. The smallest absolute Gasteiger partial charge is 0.157 e. The second-order valence-electron chi connectivity index (χ2n) is 4.15. The van der Waals surface area contributed by atoms with Crippen LogP contribution in [0.2, 0.25) is 0 Å². The Hall–Kier alpha value is -0.160. The van der Waals surface area contributed by atoms with Gasteiger partial charge in [0.1, 0.15) is 0 Å². The van der Waals surface area contributed by atoms with Gasteiger partial charge >= 0.3 is 0 Å². The third-order valence-corrected chi connectivity index (χ3v) is 2.55. The molecule has 0 radical (unpaired) electrons. The molecule has 0 aromatic carbocycles. The van der Waals surface area contributed by atoms with Crippen LogP contribution < -0.4 is 0 Å². The monoisotopic (exact) mass is 248 g/mol. The summed E-state index contributed by atoms with van der Waals surface area (Å²) in [5.74, 6) is 0. The zero-order chi connectivity index (χ0) is 12.8. The summed E-state index contributed by atoms with van der Waals surface area (Å²) in [6, 6.07) is 0. The molecular formula is C13H28O4. The van der Waals surface area contributed by atoms with Gasteiger partial charge in [0.05, 0.1) is 0 Å². The van der Waals surface area contributed by atoms with Crippen molar-refractivity contribution in [3.63, 3.8) is 0 Å². The van der Waals surface area contributed by atoms with Gasteiger partial charge in [0.2, 0.25) is 0 Å². The average Bonchev–Trinajstić information content (AvgIpc) is 2.36. The molecule has 0 unspecified atom stereocenters. The minimum atomic E-state index is -0.0988. The maximum Gasteiger partial charge on any atom is 0.157 e. The Kier molecular flexibility index (Phi) is 13.8. The normalized spacial score (nSPS) is 11.3. The van der Waals surface area contributed by atoms with E-state index in [2.05, 4.69) is 0 Å². The van der Waals surface area contributed by atoms with Crippen molar-refractivity contribution in [2.45, 2.75) is 58.2 Å². The van der Waals surface area contributed by atoms with E-state index in [0.29, 0.717) is 13.2 Å². The van der Waals surface area contributed by atoms with E-state index >= 15 is 0 Å². The molecule has 0 saturated heterocycles. The van der Waals surface area contributed by atoms with E-state index in [1.807, 2.05) is 6.92 Å². The minimum absolute atomic E-state index is 0.0988. The van der Waals surface area contributed by atoms with Gasteiger partial charge in [-0.3, -0.25) is 0 Å². The second-order valence-corrected chi connectivity index (χ2v) is 4.15. The number of ether oxygens (including phenoxy) is 2. The molecule has 104 valence electrons. The first-order valence-electron chi connectivity index (χ1n) is 6.80. The van der Waals surface area contributed by atoms with Gasteiger partial charge in [-0.15, -0.1) is 0 Å². The molecule has 0 spiro atoms. The molecule has 0 aliphatic carbocycles. The van der Waals surface area contributed by atoms with Gasteiger partial charge in [0.25, 0.3) is 0 Å². The van der Waals surface area contributed by atoms with Crippen molar-refractivity contribution in [1.82, 2.24) is 0 Å². The topological polar surface area (TPSA) is 58.9 Å². The molecular weight excluding hydrogens is 220 g/mol. The quantitative estimate of drug-likeness (QED) is 0.387. The predicted molar refractivity (Wildman–Crippen MR) is 67.9 cm³/mol. The van der Waals surface area contributed by atoms with Crippen LogP contribution in [0.1, 0.15) is 51.9 Å². The van der Waals surface area contributed by atoms with Crippen molar-refractivity contribution in [2.75, 3.05) is 26.4 Å². The third kappa shape index (κ3) is 12.1. The van der Waals surface area contributed by atoms with Crippen LogP contribution in [-0.4, -0.2) is 42.9 Å². The van der Waals surface area contributed by atoms with Gasteiger partial charge in [-0.25, -0.2) is 0 Å². The Morgan fingerprint density at radius 1 is 0.765 bits per heavy atom. The van der Waals surface area contributed by atoms with E-state index in [9.17, 15) is 0 Å². The fourth-order valence-corrected chi connectivity index (χ4v) is 1.49. The number of rotatable bonds is 13. The Morgan fingerprint density at radius 3 is 1.59 bits per heavy atom. The Balaban J connectivity index is 3.30. The van der Waals surface area contributed by atoms with E-state index in [-0.39, 0.29) is 19.5 Å². The number of hydrogen-bond donors (Lipinski definition) is 2. The highest BCUT2D eigenvalue weighted by Gasteiger charge is 2.05. The lowest BCUT2D eigenvalue weighted by Crippen LogP contribution is -2.17. The zero-order valence-electron chi connectivity index (χ0n) is 11.1. The van der Waals surface area contributed by atoms with E-state index < -0.39 is 0 Å². The van der Waals surface area contributed by atoms with E-state index in [0.717, 1.165) is 44.9 Å². The summed E-state index contributed by atoms with van der Waals surface area (Å²) in [6.45, 7) is 3.98. The van der Waals surface area contributed by atoms with E-state index in [1.165, 1.54) is 0 Å². The molecule has 4 nitrogen and oxygen atoms in total. The number of aliphatic hydroxyl groups excluding tert-OH is 2. The van der Waals surface area contributed by atoms with Crippen LogP contribution >= 0.6 is 0 Å². The van der Waals surface area contributed by atoms with Crippen LogP contribution in [-0.2, 0) is 9.47 Å².